The molecule has 1 fully saturated rings. The SMILES string of the molecule is NC1CCCCC(OI)(OI)CCC1. The van der Waals surface area contributed by atoms with Crippen molar-refractivity contribution in [2.45, 2.75) is 56.8 Å². The Hall–Kier alpha value is 1.34. The van der Waals surface area contributed by atoms with Crippen molar-refractivity contribution in [1.29, 1.82) is 0 Å². The minimum Gasteiger partial charge on any atom is -0.328 e. The molecule has 3 nitrogen and oxygen atoms in total. The average molecular weight is 425 g/mol. The van der Waals surface area contributed by atoms with Crippen LogP contribution in [-0.4, -0.2) is 11.8 Å². The highest BCUT2D eigenvalue weighted by Gasteiger charge is 2.31. The third-order valence-corrected chi connectivity index (χ3v) is 4.40. The van der Waals surface area contributed by atoms with Gasteiger partial charge in [0.05, 0.1) is 0 Å². The number of hydrogen-bond acceptors (Lipinski definition) is 3. The van der Waals surface area contributed by atoms with Gasteiger partial charge in [-0.1, -0.05) is 6.42 Å². The lowest BCUT2D eigenvalue weighted by atomic mass is 10.0. The second-order valence-corrected chi connectivity index (χ2v) is 4.84. The molecule has 1 saturated carbocycles. The Morgan fingerprint density at radius 2 is 1.57 bits per heavy atom. The molecule has 1 unspecified atom stereocenters. The quantitative estimate of drug-likeness (QED) is 0.545. The molecule has 1 rings (SSSR count). The molecule has 0 aromatic rings. The predicted octanol–water partition coefficient (Wildman–Crippen LogP) is 3.49. The largest absolute Gasteiger partial charge is 0.328 e. The van der Waals surface area contributed by atoms with E-state index in [-0.39, 0.29) is 5.79 Å². The second kappa shape index (κ2) is 6.82. The van der Waals surface area contributed by atoms with Gasteiger partial charge < -0.3 is 5.73 Å². The summed E-state index contributed by atoms with van der Waals surface area (Å²) in [6, 6.07) is 0.370. The van der Waals surface area contributed by atoms with Gasteiger partial charge in [0.2, 0.25) is 0 Å². The topological polar surface area (TPSA) is 44.5 Å². The van der Waals surface area contributed by atoms with Gasteiger partial charge >= 0.3 is 0 Å². The zero-order valence-electron chi connectivity index (χ0n) is 8.18. The summed E-state index contributed by atoms with van der Waals surface area (Å²) in [5.41, 5.74) is 5.96. The van der Waals surface area contributed by atoms with Crippen LogP contribution in [-0.2, 0) is 6.13 Å². The number of rotatable bonds is 2. The monoisotopic (exact) mass is 425 g/mol. The van der Waals surface area contributed by atoms with Crippen LogP contribution in [0, 0.1) is 0 Å². The summed E-state index contributed by atoms with van der Waals surface area (Å²) in [6.45, 7) is 0. The molecule has 0 spiro atoms. The van der Waals surface area contributed by atoms with Gasteiger partial charge in [-0.15, -0.1) is 0 Å². The molecule has 0 amide bonds. The minimum atomic E-state index is -0.370. The van der Waals surface area contributed by atoms with E-state index in [9.17, 15) is 0 Å². The molecule has 1 atom stereocenters. The molecule has 2 N–H and O–H groups in total. The first-order chi connectivity index (χ1) is 6.72. The number of halogens is 2. The maximum Gasteiger partial charge on any atom is 0.190 e. The Kier molecular flexibility index (Phi) is 6.53. The van der Waals surface area contributed by atoms with E-state index in [1.807, 2.05) is 46.0 Å². The molecule has 0 saturated heterocycles. The molecule has 1 aliphatic carbocycles. The summed E-state index contributed by atoms with van der Waals surface area (Å²) in [4.78, 5) is 0. The van der Waals surface area contributed by atoms with Gasteiger partial charge in [0.25, 0.3) is 0 Å². The summed E-state index contributed by atoms with van der Waals surface area (Å²) in [6.07, 6.45) is 7.56. The van der Waals surface area contributed by atoms with E-state index in [0.29, 0.717) is 6.04 Å². The van der Waals surface area contributed by atoms with Crippen molar-refractivity contribution in [3.63, 3.8) is 0 Å². The molecule has 5 heteroatoms. The van der Waals surface area contributed by atoms with Crippen LogP contribution in [0.3, 0.4) is 0 Å². The van der Waals surface area contributed by atoms with E-state index in [0.717, 1.165) is 38.5 Å². The Bertz CT molecular complexity index is 165. The molecular weight excluding hydrogens is 408 g/mol. The van der Waals surface area contributed by atoms with E-state index in [1.54, 1.807) is 0 Å². The third-order valence-electron chi connectivity index (χ3n) is 2.80. The Morgan fingerprint density at radius 1 is 1.00 bits per heavy atom. The van der Waals surface area contributed by atoms with Crippen molar-refractivity contribution >= 4 is 46.0 Å². The van der Waals surface area contributed by atoms with Crippen molar-refractivity contribution < 1.29 is 6.13 Å². The molecule has 0 aromatic carbocycles. The van der Waals surface area contributed by atoms with Gasteiger partial charge in [0.15, 0.2) is 5.79 Å². The molecule has 0 radical (unpaired) electrons. The van der Waals surface area contributed by atoms with E-state index < -0.39 is 0 Å². The van der Waals surface area contributed by atoms with Crippen molar-refractivity contribution in [3.8, 4) is 0 Å². The van der Waals surface area contributed by atoms with Crippen LogP contribution >= 0.6 is 46.0 Å². The number of nitrogens with two attached hydrogens (primary N) is 1. The van der Waals surface area contributed by atoms with Crippen molar-refractivity contribution in [2.75, 3.05) is 0 Å². The predicted molar refractivity (Wildman–Crippen MR) is 73.2 cm³/mol. The van der Waals surface area contributed by atoms with Crippen LogP contribution in [0.4, 0.5) is 0 Å². The van der Waals surface area contributed by atoms with E-state index in [1.165, 1.54) is 6.42 Å². The Balaban J connectivity index is 2.51. The fourth-order valence-corrected chi connectivity index (χ4v) is 3.27. The highest BCUT2D eigenvalue weighted by molar-refractivity contribution is 14.1. The van der Waals surface area contributed by atoms with Crippen molar-refractivity contribution in [1.82, 2.24) is 0 Å². The molecule has 0 bridgehead atoms. The smallest absolute Gasteiger partial charge is 0.190 e. The average Bonchev–Trinajstić information content (AvgIpc) is 2.29. The molecule has 0 heterocycles. The van der Waals surface area contributed by atoms with Gasteiger partial charge in [0, 0.05) is 18.9 Å². The first-order valence-electron chi connectivity index (χ1n) is 5.07. The zero-order chi connectivity index (χ0) is 10.4. The summed E-state index contributed by atoms with van der Waals surface area (Å²) in [7, 11) is 0. The highest BCUT2D eigenvalue weighted by atomic mass is 127. The molecule has 84 valence electrons. The lowest BCUT2D eigenvalue weighted by molar-refractivity contribution is -0.0667. The molecule has 0 aromatic heterocycles. The molecule has 0 aliphatic heterocycles. The summed E-state index contributed by atoms with van der Waals surface area (Å²) in [5, 5.41) is 0. The van der Waals surface area contributed by atoms with Gasteiger partial charge in [0.1, 0.15) is 46.0 Å². The van der Waals surface area contributed by atoms with Crippen LogP contribution in [0.25, 0.3) is 0 Å². The van der Waals surface area contributed by atoms with Crippen LogP contribution in [0.5, 0.6) is 0 Å². The number of hydrogen-bond donors (Lipinski definition) is 1. The van der Waals surface area contributed by atoms with Crippen LogP contribution < -0.4 is 5.73 Å². The van der Waals surface area contributed by atoms with Gasteiger partial charge in [-0.25, -0.2) is 0 Å². The van der Waals surface area contributed by atoms with Crippen LogP contribution in [0.2, 0.25) is 0 Å². The second-order valence-electron chi connectivity index (χ2n) is 3.96. The normalized spacial score (nSPS) is 28.9. The fraction of sp³-hybridized carbons (Fsp3) is 1.00. The first kappa shape index (κ1) is 13.4. The van der Waals surface area contributed by atoms with E-state index in [2.05, 4.69) is 0 Å². The van der Waals surface area contributed by atoms with Gasteiger partial charge in [-0.05, 0) is 25.7 Å². The van der Waals surface area contributed by atoms with Crippen molar-refractivity contribution in [2.24, 2.45) is 5.73 Å². The summed E-state index contributed by atoms with van der Waals surface area (Å²) in [5.74, 6) is -0.370. The zero-order valence-corrected chi connectivity index (χ0v) is 12.5. The summed E-state index contributed by atoms with van der Waals surface area (Å²) >= 11 is 3.89. The maximum atomic E-state index is 5.96. The minimum absolute atomic E-state index is 0.370. The highest BCUT2D eigenvalue weighted by Crippen LogP contribution is 2.33. The maximum absolute atomic E-state index is 5.96. The van der Waals surface area contributed by atoms with E-state index in [4.69, 9.17) is 11.9 Å². The molecule has 14 heavy (non-hydrogen) atoms. The third kappa shape index (κ3) is 4.07. The van der Waals surface area contributed by atoms with E-state index >= 15 is 0 Å². The van der Waals surface area contributed by atoms with Crippen molar-refractivity contribution in [3.05, 3.63) is 0 Å². The lowest BCUT2D eigenvalue weighted by Gasteiger charge is -2.27. The lowest BCUT2D eigenvalue weighted by Crippen LogP contribution is -2.29. The van der Waals surface area contributed by atoms with Crippen LogP contribution in [0.1, 0.15) is 44.9 Å². The van der Waals surface area contributed by atoms with Gasteiger partial charge in [-0.2, -0.15) is 0 Å². The molecule has 1 aliphatic rings. The first-order valence-corrected chi connectivity index (χ1v) is 6.84. The fourth-order valence-electron chi connectivity index (χ4n) is 1.87. The molecular formula is C9H17I2NO2. The van der Waals surface area contributed by atoms with Gasteiger partial charge in [-0.3, -0.25) is 6.13 Å². The Morgan fingerprint density at radius 3 is 2.21 bits per heavy atom. The Labute approximate surface area is 114 Å². The standard InChI is InChI=1S/C9H17I2NO2/c10-13-9(14-11)6-2-1-4-8(12)5-3-7-9/h8H,1-7,12H2. The summed E-state index contributed by atoms with van der Waals surface area (Å²) < 4.78 is 10.9. The van der Waals surface area contributed by atoms with Crippen LogP contribution in [0.15, 0.2) is 0 Å².